The van der Waals surface area contributed by atoms with Gasteiger partial charge in [-0.05, 0) is 12.1 Å². The highest BCUT2D eigenvalue weighted by atomic mass is 19.1. The summed E-state index contributed by atoms with van der Waals surface area (Å²) < 4.78 is 15.8. The van der Waals surface area contributed by atoms with Crippen molar-refractivity contribution in [2.24, 2.45) is 14.1 Å². The van der Waals surface area contributed by atoms with Crippen LogP contribution in [0.1, 0.15) is 0 Å². The molecule has 0 aliphatic rings. The number of rotatable bonds is 1. The average molecular weight is 275 g/mol. The van der Waals surface area contributed by atoms with Crippen LogP contribution in [0.2, 0.25) is 0 Å². The Labute approximate surface area is 111 Å². The first-order valence-corrected chi connectivity index (χ1v) is 5.77. The molecule has 0 saturated heterocycles. The highest BCUT2D eigenvalue weighted by Gasteiger charge is 2.16. The summed E-state index contributed by atoms with van der Waals surface area (Å²) in [6.07, 6.45) is 1.32. The number of hydrogen-bond acceptors (Lipinski definition) is 4. The first-order valence-electron chi connectivity index (χ1n) is 5.77. The maximum atomic E-state index is 13.6. The summed E-state index contributed by atoms with van der Waals surface area (Å²) >= 11 is 0. The van der Waals surface area contributed by atoms with Gasteiger partial charge < -0.3 is 4.98 Å². The fraction of sp³-hybridized carbons (Fsp3) is 0.167. The van der Waals surface area contributed by atoms with Crippen LogP contribution in [0.5, 0.6) is 0 Å². The first kappa shape index (κ1) is 12.3. The number of hydrogen-bond donors (Lipinski definition) is 1. The van der Waals surface area contributed by atoms with Crippen LogP contribution in [0, 0.1) is 5.95 Å². The van der Waals surface area contributed by atoms with E-state index in [-0.39, 0.29) is 22.6 Å². The Morgan fingerprint density at radius 2 is 2.00 bits per heavy atom. The normalized spacial score (nSPS) is 11.2. The lowest BCUT2D eigenvalue weighted by Gasteiger charge is -2.00. The number of pyridine rings is 1. The molecule has 20 heavy (non-hydrogen) atoms. The van der Waals surface area contributed by atoms with Crippen LogP contribution in [0.4, 0.5) is 4.39 Å². The van der Waals surface area contributed by atoms with Gasteiger partial charge in [-0.1, -0.05) is 0 Å². The van der Waals surface area contributed by atoms with E-state index in [1.807, 2.05) is 0 Å². The Morgan fingerprint density at radius 1 is 1.25 bits per heavy atom. The van der Waals surface area contributed by atoms with Gasteiger partial charge in [0, 0.05) is 20.3 Å². The molecule has 7 nitrogen and oxygen atoms in total. The molecule has 0 bridgehead atoms. The molecule has 0 unspecified atom stereocenters. The molecule has 0 fully saturated rings. The van der Waals surface area contributed by atoms with Gasteiger partial charge in [-0.2, -0.15) is 4.39 Å². The number of aryl methyl sites for hydroxylation is 1. The van der Waals surface area contributed by atoms with Crippen molar-refractivity contribution in [1.82, 2.24) is 24.1 Å². The van der Waals surface area contributed by atoms with E-state index in [1.54, 1.807) is 6.07 Å². The van der Waals surface area contributed by atoms with Gasteiger partial charge in [0.05, 0.1) is 5.56 Å². The molecule has 8 heteroatoms. The number of H-pyrrole nitrogens is 1. The van der Waals surface area contributed by atoms with E-state index in [1.165, 1.54) is 30.9 Å². The summed E-state index contributed by atoms with van der Waals surface area (Å²) in [4.78, 5) is 34.2. The zero-order chi connectivity index (χ0) is 14.4. The number of imidazole rings is 1. The van der Waals surface area contributed by atoms with Crippen molar-refractivity contribution >= 4 is 11.2 Å². The minimum Gasteiger partial charge on any atom is -0.332 e. The standard InChI is InChI=1S/C12H10FN5O2/c1-17-10-7(11(19)18(2)12(17)20)15-9(16-10)6-4-3-5-14-8(6)13/h3-5H,1-2H3,(H,15,16). The number of halogens is 1. The van der Waals surface area contributed by atoms with E-state index < -0.39 is 17.2 Å². The number of fused-ring (bicyclic) bond motifs is 1. The summed E-state index contributed by atoms with van der Waals surface area (Å²) in [5, 5.41) is 0. The highest BCUT2D eigenvalue weighted by molar-refractivity contribution is 5.75. The molecule has 0 spiro atoms. The lowest BCUT2D eigenvalue weighted by atomic mass is 10.3. The molecule has 3 aromatic rings. The van der Waals surface area contributed by atoms with Crippen molar-refractivity contribution < 1.29 is 4.39 Å². The highest BCUT2D eigenvalue weighted by Crippen LogP contribution is 2.19. The minimum atomic E-state index is -0.701. The first-order chi connectivity index (χ1) is 9.50. The second kappa shape index (κ2) is 4.12. The van der Waals surface area contributed by atoms with Crippen molar-refractivity contribution in [2.45, 2.75) is 0 Å². The Bertz CT molecular complexity index is 937. The van der Waals surface area contributed by atoms with Crippen LogP contribution >= 0.6 is 0 Å². The van der Waals surface area contributed by atoms with Crippen molar-refractivity contribution in [3.8, 4) is 11.4 Å². The van der Waals surface area contributed by atoms with E-state index in [0.717, 1.165) is 4.57 Å². The van der Waals surface area contributed by atoms with Crippen LogP contribution in [0.3, 0.4) is 0 Å². The van der Waals surface area contributed by atoms with Crippen LogP contribution in [-0.2, 0) is 14.1 Å². The van der Waals surface area contributed by atoms with Crippen molar-refractivity contribution in [3.63, 3.8) is 0 Å². The predicted octanol–water partition coefficient (Wildman–Crippen LogP) is 0.161. The van der Waals surface area contributed by atoms with E-state index in [9.17, 15) is 14.0 Å². The number of nitrogens with zero attached hydrogens (tertiary/aromatic N) is 4. The summed E-state index contributed by atoms with van der Waals surface area (Å²) in [5.74, 6) is -0.544. The molecule has 0 radical (unpaired) electrons. The second-order valence-electron chi connectivity index (χ2n) is 4.33. The van der Waals surface area contributed by atoms with Gasteiger partial charge >= 0.3 is 5.69 Å². The van der Waals surface area contributed by atoms with E-state index in [2.05, 4.69) is 15.0 Å². The van der Waals surface area contributed by atoms with Crippen LogP contribution < -0.4 is 11.2 Å². The number of nitrogens with one attached hydrogen (secondary N) is 1. The quantitative estimate of drug-likeness (QED) is 0.641. The lowest BCUT2D eigenvalue weighted by molar-refractivity contribution is 0.586. The van der Waals surface area contributed by atoms with Crippen LogP contribution in [-0.4, -0.2) is 24.1 Å². The molecule has 0 aliphatic carbocycles. The van der Waals surface area contributed by atoms with E-state index in [4.69, 9.17) is 0 Å². The number of aromatic nitrogens is 5. The zero-order valence-corrected chi connectivity index (χ0v) is 10.7. The number of aromatic amines is 1. The minimum absolute atomic E-state index is 0.137. The maximum absolute atomic E-state index is 13.6. The Hall–Kier alpha value is -2.77. The predicted molar refractivity (Wildman–Crippen MR) is 69.8 cm³/mol. The molecule has 0 saturated carbocycles. The van der Waals surface area contributed by atoms with Crippen molar-refractivity contribution in [1.29, 1.82) is 0 Å². The molecule has 1 N–H and O–H groups in total. The van der Waals surface area contributed by atoms with Gasteiger partial charge in [0.25, 0.3) is 5.56 Å². The van der Waals surface area contributed by atoms with Crippen LogP contribution in [0.25, 0.3) is 22.6 Å². The summed E-state index contributed by atoms with van der Waals surface area (Å²) in [6, 6.07) is 3.05. The smallest absolute Gasteiger partial charge is 0.332 e. The van der Waals surface area contributed by atoms with Gasteiger partial charge in [-0.25, -0.2) is 14.8 Å². The third kappa shape index (κ3) is 1.58. The van der Waals surface area contributed by atoms with Gasteiger partial charge in [0.2, 0.25) is 5.95 Å². The third-order valence-electron chi connectivity index (χ3n) is 3.11. The van der Waals surface area contributed by atoms with Crippen molar-refractivity contribution in [3.05, 3.63) is 45.1 Å². The fourth-order valence-electron chi connectivity index (χ4n) is 2.02. The monoisotopic (exact) mass is 275 g/mol. The van der Waals surface area contributed by atoms with Crippen molar-refractivity contribution in [2.75, 3.05) is 0 Å². The van der Waals surface area contributed by atoms with Gasteiger partial charge in [0.15, 0.2) is 5.65 Å². The fourth-order valence-corrected chi connectivity index (χ4v) is 2.02. The summed E-state index contributed by atoms with van der Waals surface area (Å²) in [5.41, 5.74) is -0.541. The van der Waals surface area contributed by atoms with E-state index in [0.29, 0.717) is 0 Å². The molecule has 0 aliphatic heterocycles. The molecule has 0 aromatic carbocycles. The SMILES string of the molecule is Cn1c(=O)c2[nH]c(-c3cccnc3F)nc2n(C)c1=O. The lowest BCUT2D eigenvalue weighted by Crippen LogP contribution is -2.36. The Balaban J connectivity index is 2.41. The van der Waals surface area contributed by atoms with Crippen LogP contribution in [0.15, 0.2) is 27.9 Å². The summed E-state index contributed by atoms with van der Waals surface area (Å²) in [7, 11) is 2.86. The third-order valence-corrected chi connectivity index (χ3v) is 3.11. The Kier molecular flexibility index (Phi) is 2.53. The molecule has 102 valence electrons. The molecule has 3 rings (SSSR count). The molecular weight excluding hydrogens is 265 g/mol. The maximum Gasteiger partial charge on any atom is 0.332 e. The molecule has 0 amide bonds. The van der Waals surface area contributed by atoms with Gasteiger partial charge in [0.1, 0.15) is 11.3 Å². The Morgan fingerprint density at radius 3 is 2.70 bits per heavy atom. The zero-order valence-electron chi connectivity index (χ0n) is 10.7. The average Bonchev–Trinajstić information content (AvgIpc) is 2.88. The van der Waals surface area contributed by atoms with E-state index >= 15 is 0 Å². The van der Waals surface area contributed by atoms with Gasteiger partial charge in [-0.15, -0.1) is 0 Å². The molecule has 3 heterocycles. The largest absolute Gasteiger partial charge is 0.332 e. The molecular formula is C12H10FN5O2. The topological polar surface area (TPSA) is 85.6 Å². The summed E-state index contributed by atoms with van der Waals surface area (Å²) in [6.45, 7) is 0. The second-order valence-corrected chi connectivity index (χ2v) is 4.33. The molecule has 3 aromatic heterocycles. The van der Waals surface area contributed by atoms with Gasteiger partial charge in [-0.3, -0.25) is 13.9 Å². The molecule has 0 atom stereocenters.